The van der Waals surface area contributed by atoms with Gasteiger partial charge in [-0.2, -0.15) is 4.39 Å². The van der Waals surface area contributed by atoms with Gasteiger partial charge in [0.2, 0.25) is 5.82 Å². The Labute approximate surface area is 168 Å². The van der Waals surface area contributed by atoms with Crippen LogP contribution in [0.3, 0.4) is 0 Å². The molecular formula is C19H13ClF2N2O3S. The molecule has 3 rings (SSSR count). The molecule has 0 unspecified atom stereocenters. The second-order valence-corrected chi connectivity index (χ2v) is 7.27. The first-order valence-electron chi connectivity index (χ1n) is 7.96. The highest BCUT2D eigenvalue weighted by Crippen LogP contribution is 2.34. The van der Waals surface area contributed by atoms with Gasteiger partial charge in [-0.1, -0.05) is 23.4 Å². The van der Waals surface area contributed by atoms with E-state index in [1.54, 1.807) is 18.2 Å². The Morgan fingerprint density at radius 2 is 1.82 bits per heavy atom. The Bertz CT molecular complexity index is 1030. The van der Waals surface area contributed by atoms with Crippen molar-refractivity contribution in [3.63, 3.8) is 0 Å². The number of rotatable bonds is 6. The van der Waals surface area contributed by atoms with Crippen LogP contribution in [0.5, 0.6) is 5.75 Å². The molecule has 144 valence electrons. The SMILES string of the molecule is O=[N+]([O-])c1ccc(Sc2ccc(Cl)cc2)c(CNc2ccc(F)c(F)c2O)c1. The molecule has 2 N–H and O–H groups in total. The highest BCUT2D eigenvalue weighted by molar-refractivity contribution is 7.99. The molecule has 0 radical (unpaired) electrons. The van der Waals surface area contributed by atoms with Crippen molar-refractivity contribution >= 4 is 34.7 Å². The van der Waals surface area contributed by atoms with E-state index < -0.39 is 22.3 Å². The topological polar surface area (TPSA) is 75.4 Å². The molecule has 0 heterocycles. The first-order chi connectivity index (χ1) is 13.3. The van der Waals surface area contributed by atoms with Gasteiger partial charge in [-0.15, -0.1) is 0 Å². The monoisotopic (exact) mass is 422 g/mol. The number of aromatic hydroxyl groups is 1. The quantitative estimate of drug-likeness (QED) is 0.289. The second kappa shape index (κ2) is 8.45. The van der Waals surface area contributed by atoms with Crippen LogP contribution in [0.25, 0.3) is 0 Å². The summed E-state index contributed by atoms with van der Waals surface area (Å²) in [6.45, 7) is 0.0518. The van der Waals surface area contributed by atoms with Gasteiger partial charge in [0.1, 0.15) is 0 Å². The predicted molar refractivity (Wildman–Crippen MR) is 104 cm³/mol. The lowest BCUT2D eigenvalue weighted by Gasteiger charge is -2.13. The van der Waals surface area contributed by atoms with Crippen LogP contribution in [-0.4, -0.2) is 10.0 Å². The molecule has 0 amide bonds. The minimum absolute atomic E-state index is 0.0205. The maximum absolute atomic E-state index is 13.5. The molecule has 9 heteroatoms. The number of halogens is 3. The predicted octanol–water partition coefficient (Wildman–Crippen LogP) is 6.00. The van der Waals surface area contributed by atoms with Gasteiger partial charge >= 0.3 is 0 Å². The molecule has 0 atom stereocenters. The summed E-state index contributed by atoms with van der Waals surface area (Å²) in [6, 6.07) is 13.5. The van der Waals surface area contributed by atoms with Crippen molar-refractivity contribution in [1.82, 2.24) is 0 Å². The number of nitrogens with one attached hydrogen (secondary N) is 1. The van der Waals surface area contributed by atoms with Crippen LogP contribution < -0.4 is 5.32 Å². The molecule has 0 aliphatic carbocycles. The summed E-state index contributed by atoms with van der Waals surface area (Å²) < 4.78 is 26.7. The summed E-state index contributed by atoms with van der Waals surface area (Å²) in [7, 11) is 0. The molecule has 0 aliphatic heterocycles. The number of hydrogen-bond donors (Lipinski definition) is 2. The fraction of sp³-hybridized carbons (Fsp3) is 0.0526. The van der Waals surface area contributed by atoms with Crippen molar-refractivity contribution in [3.05, 3.63) is 86.9 Å². The van der Waals surface area contributed by atoms with E-state index in [2.05, 4.69) is 5.32 Å². The Balaban J connectivity index is 1.89. The molecule has 28 heavy (non-hydrogen) atoms. The third-order valence-corrected chi connectivity index (χ3v) is 5.21. The van der Waals surface area contributed by atoms with Crippen LogP contribution in [0.1, 0.15) is 5.56 Å². The third kappa shape index (κ3) is 4.52. The third-order valence-electron chi connectivity index (χ3n) is 3.83. The van der Waals surface area contributed by atoms with Gasteiger partial charge in [0.25, 0.3) is 5.69 Å². The maximum Gasteiger partial charge on any atom is 0.269 e. The maximum atomic E-state index is 13.5. The summed E-state index contributed by atoms with van der Waals surface area (Å²) in [5.74, 6) is -3.38. The zero-order chi connectivity index (χ0) is 20.3. The highest BCUT2D eigenvalue weighted by Gasteiger charge is 2.15. The van der Waals surface area contributed by atoms with Gasteiger partial charge in [0, 0.05) is 33.5 Å². The Morgan fingerprint density at radius 1 is 1.11 bits per heavy atom. The van der Waals surface area contributed by atoms with Gasteiger partial charge in [-0.3, -0.25) is 10.1 Å². The lowest BCUT2D eigenvalue weighted by molar-refractivity contribution is -0.385. The van der Waals surface area contributed by atoms with E-state index in [9.17, 15) is 24.0 Å². The lowest BCUT2D eigenvalue weighted by Crippen LogP contribution is -2.03. The lowest BCUT2D eigenvalue weighted by atomic mass is 10.2. The van der Waals surface area contributed by atoms with E-state index >= 15 is 0 Å². The first kappa shape index (κ1) is 19.9. The summed E-state index contributed by atoms with van der Waals surface area (Å²) in [5, 5.41) is 24.2. The number of non-ortho nitro benzene ring substituents is 1. The largest absolute Gasteiger partial charge is 0.503 e. The number of phenolic OH excluding ortho intramolecular Hbond substituents is 1. The van der Waals surface area contributed by atoms with Crippen molar-refractivity contribution in [2.24, 2.45) is 0 Å². The Kier molecular flexibility index (Phi) is 6.01. The fourth-order valence-electron chi connectivity index (χ4n) is 2.42. The molecule has 0 saturated heterocycles. The molecule has 0 aliphatic rings. The van der Waals surface area contributed by atoms with E-state index in [4.69, 9.17) is 11.6 Å². The summed E-state index contributed by atoms with van der Waals surface area (Å²) in [6.07, 6.45) is 0. The number of anilines is 1. The van der Waals surface area contributed by atoms with Crippen LogP contribution in [0.4, 0.5) is 20.2 Å². The Hall–Kier alpha value is -2.84. The summed E-state index contributed by atoms with van der Waals surface area (Å²) >= 11 is 7.25. The average Bonchev–Trinajstić information content (AvgIpc) is 2.68. The number of nitrogens with zero attached hydrogens (tertiary/aromatic N) is 1. The zero-order valence-corrected chi connectivity index (χ0v) is 15.7. The molecule has 3 aromatic rings. The Morgan fingerprint density at radius 3 is 2.50 bits per heavy atom. The highest BCUT2D eigenvalue weighted by atomic mass is 35.5. The molecular weight excluding hydrogens is 410 g/mol. The van der Waals surface area contributed by atoms with Crippen LogP contribution in [0.2, 0.25) is 5.02 Å². The van der Waals surface area contributed by atoms with Crippen molar-refractivity contribution in [2.75, 3.05) is 5.32 Å². The normalized spacial score (nSPS) is 10.7. The van der Waals surface area contributed by atoms with Crippen molar-refractivity contribution < 1.29 is 18.8 Å². The number of benzene rings is 3. The van der Waals surface area contributed by atoms with Crippen molar-refractivity contribution in [1.29, 1.82) is 0 Å². The molecule has 5 nitrogen and oxygen atoms in total. The van der Waals surface area contributed by atoms with E-state index in [1.165, 1.54) is 30.0 Å². The fourth-order valence-corrected chi connectivity index (χ4v) is 3.47. The summed E-state index contributed by atoms with van der Waals surface area (Å²) in [4.78, 5) is 12.2. The molecule has 0 bridgehead atoms. The molecule has 0 spiro atoms. The van der Waals surface area contributed by atoms with Crippen molar-refractivity contribution in [2.45, 2.75) is 16.3 Å². The van der Waals surface area contributed by atoms with Gasteiger partial charge < -0.3 is 10.4 Å². The van der Waals surface area contributed by atoms with Gasteiger partial charge in [0.15, 0.2) is 11.6 Å². The first-order valence-corrected chi connectivity index (χ1v) is 9.16. The average molecular weight is 423 g/mol. The molecule has 0 saturated carbocycles. The van der Waals surface area contributed by atoms with E-state index in [0.29, 0.717) is 10.6 Å². The number of hydrogen-bond acceptors (Lipinski definition) is 5. The minimum Gasteiger partial charge on any atom is -0.503 e. The van der Waals surface area contributed by atoms with E-state index in [-0.39, 0.29) is 17.9 Å². The van der Waals surface area contributed by atoms with E-state index in [0.717, 1.165) is 15.9 Å². The van der Waals surface area contributed by atoms with Gasteiger partial charge in [0.05, 0.1) is 10.6 Å². The van der Waals surface area contributed by atoms with Gasteiger partial charge in [-0.05, 0) is 48.0 Å². The zero-order valence-electron chi connectivity index (χ0n) is 14.2. The van der Waals surface area contributed by atoms with Crippen molar-refractivity contribution in [3.8, 4) is 5.75 Å². The number of phenols is 1. The molecule has 0 fully saturated rings. The van der Waals surface area contributed by atoms with Crippen LogP contribution >= 0.6 is 23.4 Å². The van der Waals surface area contributed by atoms with E-state index in [1.807, 2.05) is 12.1 Å². The summed E-state index contributed by atoms with van der Waals surface area (Å²) in [5.41, 5.74) is 0.429. The second-order valence-electron chi connectivity index (χ2n) is 5.72. The minimum atomic E-state index is -1.36. The van der Waals surface area contributed by atoms with Crippen LogP contribution in [-0.2, 0) is 6.54 Å². The standard InChI is InChI=1S/C19H13ClF2N2O3S/c20-12-1-4-14(5-2-12)28-17-8-3-13(24(26)27)9-11(17)10-23-16-7-6-15(21)18(22)19(16)25/h1-9,23,25H,10H2. The molecule has 3 aromatic carbocycles. The van der Waals surface area contributed by atoms with Crippen LogP contribution in [0, 0.1) is 21.7 Å². The molecule has 0 aromatic heterocycles. The smallest absolute Gasteiger partial charge is 0.269 e. The number of nitro groups is 1. The van der Waals surface area contributed by atoms with Crippen LogP contribution in [0.15, 0.2) is 64.4 Å². The number of nitro benzene ring substituents is 1. The van der Waals surface area contributed by atoms with Gasteiger partial charge in [-0.25, -0.2) is 4.39 Å².